The van der Waals surface area contributed by atoms with Gasteiger partial charge in [-0.2, -0.15) is 0 Å². The predicted octanol–water partition coefficient (Wildman–Crippen LogP) is 3.24. The molecule has 0 spiro atoms. The lowest BCUT2D eigenvalue weighted by Gasteiger charge is -2.33. The van der Waals surface area contributed by atoms with Crippen molar-refractivity contribution in [1.29, 1.82) is 0 Å². The third-order valence-corrected chi connectivity index (χ3v) is 4.13. The lowest BCUT2D eigenvalue weighted by Crippen LogP contribution is -2.34. The summed E-state index contributed by atoms with van der Waals surface area (Å²) in [6.45, 7) is 5.78. The molecule has 0 aliphatic carbocycles. The van der Waals surface area contributed by atoms with Gasteiger partial charge in [-0.15, -0.1) is 0 Å². The molecule has 1 aromatic carbocycles. The highest BCUT2D eigenvalue weighted by Gasteiger charge is 2.28. The zero-order valence-electron chi connectivity index (χ0n) is 11.7. The van der Waals surface area contributed by atoms with Crippen molar-refractivity contribution >= 4 is 5.69 Å². The van der Waals surface area contributed by atoms with Gasteiger partial charge in [0.2, 0.25) is 0 Å². The highest BCUT2D eigenvalue weighted by Crippen LogP contribution is 2.31. The van der Waals surface area contributed by atoms with Gasteiger partial charge in [0.1, 0.15) is 5.75 Å². The van der Waals surface area contributed by atoms with Crippen LogP contribution in [0.4, 0.5) is 5.69 Å². The van der Waals surface area contributed by atoms with E-state index in [9.17, 15) is 0 Å². The Labute approximate surface area is 115 Å². The van der Waals surface area contributed by atoms with E-state index in [4.69, 9.17) is 9.47 Å². The average molecular weight is 261 g/mol. The first-order valence-corrected chi connectivity index (χ1v) is 7.33. The number of rotatable bonds is 3. The average Bonchev–Trinajstić information content (AvgIpc) is 2.46. The fraction of sp³-hybridized carbons (Fsp3) is 0.625. The fourth-order valence-electron chi connectivity index (χ4n) is 2.89. The molecule has 0 aromatic heterocycles. The molecular formula is C16H23NO2. The second kappa shape index (κ2) is 5.41. The van der Waals surface area contributed by atoms with E-state index >= 15 is 0 Å². The number of aryl methyl sites for hydroxylation is 1. The molecule has 0 bridgehead atoms. The molecule has 1 unspecified atom stereocenters. The number of hydrogen-bond donors (Lipinski definition) is 1. The summed E-state index contributed by atoms with van der Waals surface area (Å²) in [5, 5.41) is 3.45. The lowest BCUT2D eigenvalue weighted by atomic mass is 9.86. The van der Waals surface area contributed by atoms with Crippen LogP contribution < -0.4 is 10.1 Å². The molecule has 19 heavy (non-hydrogen) atoms. The van der Waals surface area contributed by atoms with Crippen LogP contribution in [0.1, 0.15) is 31.7 Å². The largest absolute Gasteiger partial charge is 0.493 e. The molecule has 1 atom stereocenters. The first kappa shape index (κ1) is 12.8. The van der Waals surface area contributed by atoms with Gasteiger partial charge in [-0.05, 0) is 37.3 Å². The second-order valence-electron chi connectivity index (χ2n) is 6.10. The van der Waals surface area contributed by atoms with Crippen molar-refractivity contribution in [3.63, 3.8) is 0 Å². The van der Waals surface area contributed by atoms with E-state index < -0.39 is 0 Å². The minimum Gasteiger partial charge on any atom is -0.493 e. The monoisotopic (exact) mass is 261 g/mol. The SMILES string of the molecule is CC1(COc2ccc3c(c2)NCCC3)CCCOC1. The third-order valence-electron chi connectivity index (χ3n) is 4.13. The van der Waals surface area contributed by atoms with Crippen LogP contribution in [0.2, 0.25) is 0 Å². The maximum Gasteiger partial charge on any atom is 0.121 e. The van der Waals surface area contributed by atoms with Crippen LogP contribution in [0.15, 0.2) is 18.2 Å². The summed E-state index contributed by atoms with van der Waals surface area (Å²) < 4.78 is 11.6. The molecule has 2 aliphatic heterocycles. The molecule has 1 saturated heterocycles. The molecule has 3 rings (SSSR count). The van der Waals surface area contributed by atoms with Crippen LogP contribution in [0, 0.1) is 5.41 Å². The predicted molar refractivity (Wildman–Crippen MR) is 76.9 cm³/mol. The van der Waals surface area contributed by atoms with Crippen molar-refractivity contribution in [2.24, 2.45) is 5.41 Å². The number of hydrogen-bond acceptors (Lipinski definition) is 3. The Kier molecular flexibility index (Phi) is 3.65. The molecule has 1 fully saturated rings. The summed E-state index contributed by atoms with van der Waals surface area (Å²) in [6.07, 6.45) is 4.73. The number of anilines is 1. The maximum atomic E-state index is 5.99. The summed E-state index contributed by atoms with van der Waals surface area (Å²) in [4.78, 5) is 0. The highest BCUT2D eigenvalue weighted by molar-refractivity contribution is 5.56. The van der Waals surface area contributed by atoms with Crippen molar-refractivity contribution in [3.8, 4) is 5.75 Å². The minimum absolute atomic E-state index is 0.168. The summed E-state index contributed by atoms with van der Waals surface area (Å²) in [7, 11) is 0. The minimum atomic E-state index is 0.168. The molecule has 2 heterocycles. The molecule has 104 valence electrons. The molecule has 3 heteroatoms. The van der Waals surface area contributed by atoms with E-state index in [2.05, 4.69) is 30.4 Å². The van der Waals surface area contributed by atoms with E-state index in [1.165, 1.54) is 30.5 Å². The van der Waals surface area contributed by atoms with Gasteiger partial charge in [-0.3, -0.25) is 0 Å². The number of benzene rings is 1. The van der Waals surface area contributed by atoms with Crippen molar-refractivity contribution in [2.45, 2.75) is 32.6 Å². The Morgan fingerprint density at radius 1 is 1.37 bits per heavy atom. The zero-order chi connectivity index (χ0) is 13.1. The molecule has 1 N–H and O–H groups in total. The summed E-state index contributed by atoms with van der Waals surface area (Å²) in [5.74, 6) is 0.972. The van der Waals surface area contributed by atoms with Gasteiger partial charge in [0.05, 0.1) is 13.2 Å². The molecular weight excluding hydrogens is 238 g/mol. The Morgan fingerprint density at radius 3 is 3.16 bits per heavy atom. The van der Waals surface area contributed by atoms with Gasteiger partial charge in [0, 0.05) is 30.3 Å². The molecule has 0 amide bonds. The van der Waals surface area contributed by atoms with Crippen LogP contribution in [0.5, 0.6) is 5.75 Å². The van der Waals surface area contributed by atoms with Crippen LogP contribution in [0.3, 0.4) is 0 Å². The van der Waals surface area contributed by atoms with Gasteiger partial charge in [-0.1, -0.05) is 13.0 Å². The lowest BCUT2D eigenvalue weighted by molar-refractivity contribution is -0.0214. The van der Waals surface area contributed by atoms with E-state index in [0.29, 0.717) is 0 Å². The number of nitrogens with one attached hydrogen (secondary N) is 1. The quantitative estimate of drug-likeness (QED) is 0.906. The Hall–Kier alpha value is -1.22. The Balaban J connectivity index is 1.63. The van der Waals surface area contributed by atoms with Gasteiger partial charge in [0.15, 0.2) is 0 Å². The molecule has 1 aromatic rings. The standard InChI is InChI=1S/C16H23NO2/c1-16(7-3-9-18-11-16)12-19-14-6-5-13-4-2-8-17-15(13)10-14/h5-6,10,17H,2-4,7-9,11-12H2,1H3. The Bertz CT molecular complexity index is 438. The topological polar surface area (TPSA) is 30.5 Å². The van der Waals surface area contributed by atoms with Crippen molar-refractivity contribution in [2.75, 3.05) is 31.7 Å². The zero-order valence-corrected chi connectivity index (χ0v) is 11.7. The van der Waals surface area contributed by atoms with E-state index in [1.54, 1.807) is 0 Å². The van der Waals surface area contributed by atoms with Crippen molar-refractivity contribution in [1.82, 2.24) is 0 Å². The first-order chi connectivity index (χ1) is 9.25. The summed E-state index contributed by atoms with van der Waals surface area (Å²) in [6, 6.07) is 6.43. The van der Waals surface area contributed by atoms with Gasteiger partial charge >= 0.3 is 0 Å². The third kappa shape index (κ3) is 3.03. The molecule has 2 aliphatic rings. The van der Waals surface area contributed by atoms with Gasteiger partial charge in [-0.25, -0.2) is 0 Å². The maximum absolute atomic E-state index is 5.99. The second-order valence-corrected chi connectivity index (χ2v) is 6.10. The summed E-state index contributed by atoms with van der Waals surface area (Å²) in [5.41, 5.74) is 2.82. The Morgan fingerprint density at radius 2 is 2.32 bits per heavy atom. The smallest absolute Gasteiger partial charge is 0.121 e. The van der Waals surface area contributed by atoms with Crippen molar-refractivity contribution in [3.05, 3.63) is 23.8 Å². The number of ether oxygens (including phenoxy) is 2. The van der Waals surface area contributed by atoms with Gasteiger partial charge < -0.3 is 14.8 Å². The molecule has 0 radical (unpaired) electrons. The fourth-order valence-corrected chi connectivity index (χ4v) is 2.89. The van der Waals surface area contributed by atoms with E-state index in [1.807, 2.05) is 0 Å². The summed E-state index contributed by atoms with van der Waals surface area (Å²) >= 11 is 0. The van der Waals surface area contributed by atoms with Crippen molar-refractivity contribution < 1.29 is 9.47 Å². The van der Waals surface area contributed by atoms with E-state index in [-0.39, 0.29) is 5.41 Å². The van der Waals surface area contributed by atoms with Crippen LogP contribution in [-0.2, 0) is 11.2 Å². The molecule has 3 nitrogen and oxygen atoms in total. The normalized spacial score (nSPS) is 26.4. The van der Waals surface area contributed by atoms with Gasteiger partial charge in [0.25, 0.3) is 0 Å². The highest BCUT2D eigenvalue weighted by atomic mass is 16.5. The number of fused-ring (bicyclic) bond motifs is 1. The van der Waals surface area contributed by atoms with E-state index in [0.717, 1.165) is 38.5 Å². The van der Waals surface area contributed by atoms with Crippen LogP contribution in [0.25, 0.3) is 0 Å². The van der Waals surface area contributed by atoms with Crippen LogP contribution in [-0.4, -0.2) is 26.4 Å². The first-order valence-electron chi connectivity index (χ1n) is 7.33. The molecule has 0 saturated carbocycles. The van der Waals surface area contributed by atoms with Crippen LogP contribution >= 0.6 is 0 Å².